The van der Waals surface area contributed by atoms with Crippen LogP contribution in [0, 0.1) is 0 Å². The number of carbonyl (C=O) groups excluding carboxylic acids is 1. The SMILES string of the molecule is CNC(=O)COc1ccc(S(=O)(=O)N2CCC(O)CC2)cc1. The Labute approximate surface area is 129 Å². The number of ether oxygens (including phenoxy) is 1. The third-order valence-electron chi connectivity index (χ3n) is 3.53. The summed E-state index contributed by atoms with van der Waals surface area (Å²) in [4.78, 5) is 11.3. The molecule has 1 aliphatic rings. The quantitative estimate of drug-likeness (QED) is 0.790. The fourth-order valence-electron chi connectivity index (χ4n) is 2.16. The number of nitrogens with zero attached hydrogens (tertiary/aromatic N) is 1. The van der Waals surface area contributed by atoms with E-state index in [4.69, 9.17) is 4.74 Å². The van der Waals surface area contributed by atoms with Crippen LogP contribution in [-0.4, -0.2) is 56.6 Å². The van der Waals surface area contributed by atoms with Crippen molar-refractivity contribution in [2.45, 2.75) is 23.8 Å². The Bertz CT molecular complexity index is 607. The van der Waals surface area contributed by atoms with E-state index in [0.29, 0.717) is 31.7 Å². The van der Waals surface area contributed by atoms with Crippen molar-refractivity contribution in [1.82, 2.24) is 9.62 Å². The van der Waals surface area contributed by atoms with E-state index in [-0.39, 0.29) is 17.4 Å². The fourth-order valence-corrected chi connectivity index (χ4v) is 3.63. The first kappa shape index (κ1) is 16.7. The van der Waals surface area contributed by atoms with Crippen LogP contribution in [0.4, 0.5) is 0 Å². The van der Waals surface area contributed by atoms with E-state index in [9.17, 15) is 18.3 Å². The van der Waals surface area contributed by atoms with Crippen molar-refractivity contribution in [3.8, 4) is 5.75 Å². The molecule has 1 aromatic rings. The van der Waals surface area contributed by atoms with Crippen molar-refractivity contribution >= 4 is 15.9 Å². The summed E-state index contributed by atoms with van der Waals surface area (Å²) in [5.74, 6) is 0.167. The van der Waals surface area contributed by atoms with Crippen molar-refractivity contribution in [2.24, 2.45) is 0 Å². The number of carbonyl (C=O) groups is 1. The monoisotopic (exact) mass is 328 g/mol. The molecule has 0 bridgehead atoms. The fraction of sp³-hybridized carbons (Fsp3) is 0.500. The number of nitrogens with one attached hydrogen (secondary N) is 1. The summed E-state index contributed by atoms with van der Waals surface area (Å²) in [5.41, 5.74) is 0. The molecule has 0 aromatic heterocycles. The average Bonchev–Trinajstić information content (AvgIpc) is 2.53. The number of likely N-dealkylation sites (N-methyl/N-ethyl adjacent to an activating group) is 1. The van der Waals surface area contributed by atoms with Gasteiger partial charge >= 0.3 is 0 Å². The summed E-state index contributed by atoms with van der Waals surface area (Å²) >= 11 is 0. The van der Waals surface area contributed by atoms with Gasteiger partial charge in [0.25, 0.3) is 5.91 Å². The van der Waals surface area contributed by atoms with Gasteiger partial charge in [-0.05, 0) is 37.1 Å². The number of hydrogen-bond donors (Lipinski definition) is 2. The zero-order valence-electron chi connectivity index (χ0n) is 12.4. The maximum Gasteiger partial charge on any atom is 0.257 e. The summed E-state index contributed by atoms with van der Waals surface area (Å²) in [5, 5.41) is 11.9. The highest BCUT2D eigenvalue weighted by Crippen LogP contribution is 2.22. The Kier molecular flexibility index (Phi) is 5.38. The standard InChI is InChI=1S/C14H20N2O5S/c1-15-14(18)10-21-12-2-4-13(5-3-12)22(19,20)16-8-6-11(17)7-9-16/h2-5,11,17H,6-10H2,1H3,(H,15,18). The van der Waals surface area contributed by atoms with Gasteiger partial charge < -0.3 is 15.2 Å². The van der Waals surface area contributed by atoms with E-state index >= 15 is 0 Å². The summed E-state index contributed by atoms with van der Waals surface area (Å²) < 4.78 is 31.5. The van der Waals surface area contributed by atoms with Crippen LogP contribution in [0.25, 0.3) is 0 Å². The Morgan fingerprint density at radius 1 is 1.32 bits per heavy atom. The second-order valence-corrected chi connectivity index (χ2v) is 7.01. The minimum atomic E-state index is -3.55. The van der Waals surface area contributed by atoms with Gasteiger partial charge in [-0.3, -0.25) is 4.79 Å². The highest BCUT2D eigenvalue weighted by molar-refractivity contribution is 7.89. The van der Waals surface area contributed by atoms with Crippen LogP contribution >= 0.6 is 0 Å². The number of rotatable bonds is 5. The zero-order chi connectivity index (χ0) is 16.2. The Balaban J connectivity index is 2.04. The lowest BCUT2D eigenvalue weighted by molar-refractivity contribution is -0.122. The molecule has 1 amide bonds. The molecule has 1 heterocycles. The third kappa shape index (κ3) is 3.96. The lowest BCUT2D eigenvalue weighted by Gasteiger charge is -2.28. The summed E-state index contributed by atoms with van der Waals surface area (Å²) in [6.07, 6.45) is 0.478. The van der Waals surface area contributed by atoms with Gasteiger partial charge in [0.2, 0.25) is 10.0 Å². The molecule has 0 aliphatic carbocycles. The highest BCUT2D eigenvalue weighted by Gasteiger charge is 2.28. The van der Waals surface area contributed by atoms with E-state index in [2.05, 4.69) is 5.32 Å². The largest absolute Gasteiger partial charge is 0.484 e. The van der Waals surface area contributed by atoms with Gasteiger partial charge in [0.1, 0.15) is 5.75 Å². The number of piperidine rings is 1. The first-order valence-electron chi connectivity index (χ1n) is 7.05. The average molecular weight is 328 g/mol. The first-order chi connectivity index (χ1) is 10.4. The topological polar surface area (TPSA) is 95.9 Å². The van der Waals surface area contributed by atoms with Crippen LogP contribution in [0.15, 0.2) is 29.2 Å². The van der Waals surface area contributed by atoms with Crippen molar-refractivity contribution in [3.63, 3.8) is 0 Å². The van der Waals surface area contributed by atoms with Gasteiger partial charge in [0, 0.05) is 20.1 Å². The minimum Gasteiger partial charge on any atom is -0.484 e. The van der Waals surface area contributed by atoms with Crippen LogP contribution in [-0.2, 0) is 14.8 Å². The molecular formula is C14H20N2O5S. The van der Waals surface area contributed by atoms with Crippen molar-refractivity contribution < 1.29 is 23.1 Å². The molecule has 0 atom stereocenters. The number of amides is 1. The van der Waals surface area contributed by atoms with E-state index in [1.54, 1.807) is 0 Å². The van der Waals surface area contributed by atoms with E-state index < -0.39 is 16.1 Å². The van der Waals surface area contributed by atoms with Crippen LogP contribution in [0.1, 0.15) is 12.8 Å². The Morgan fingerprint density at radius 2 is 1.91 bits per heavy atom. The molecular weight excluding hydrogens is 308 g/mol. The molecule has 0 spiro atoms. The molecule has 2 N–H and O–H groups in total. The van der Waals surface area contributed by atoms with Gasteiger partial charge in [0.05, 0.1) is 11.0 Å². The zero-order valence-corrected chi connectivity index (χ0v) is 13.2. The molecule has 22 heavy (non-hydrogen) atoms. The van der Waals surface area contributed by atoms with Gasteiger partial charge in [-0.15, -0.1) is 0 Å². The van der Waals surface area contributed by atoms with Crippen molar-refractivity contribution in [2.75, 3.05) is 26.7 Å². The maximum absolute atomic E-state index is 12.5. The van der Waals surface area contributed by atoms with Crippen LogP contribution < -0.4 is 10.1 Å². The maximum atomic E-state index is 12.5. The summed E-state index contributed by atoms with van der Waals surface area (Å²) in [6, 6.07) is 5.96. The van der Waals surface area contributed by atoms with Gasteiger partial charge in [0.15, 0.2) is 6.61 Å². The smallest absolute Gasteiger partial charge is 0.257 e. The van der Waals surface area contributed by atoms with Crippen LogP contribution in [0.5, 0.6) is 5.75 Å². The molecule has 7 nitrogen and oxygen atoms in total. The molecule has 8 heteroatoms. The minimum absolute atomic E-state index is 0.118. The van der Waals surface area contributed by atoms with Gasteiger partial charge in [-0.2, -0.15) is 4.31 Å². The summed E-state index contributed by atoms with van der Waals surface area (Å²) in [7, 11) is -2.04. The molecule has 0 unspecified atom stereocenters. The van der Waals surface area contributed by atoms with Crippen LogP contribution in [0.2, 0.25) is 0 Å². The molecule has 0 radical (unpaired) electrons. The van der Waals surface area contributed by atoms with Crippen molar-refractivity contribution in [3.05, 3.63) is 24.3 Å². The summed E-state index contributed by atoms with van der Waals surface area (Å²) in [6.45, 7) is 0.517. The molecule has 122 valence electrons. The van der Waals surface area contributed by atoms with E-state index in [0.717, 1.165) is 0 Å². The van der Waals surface area contributed by atoms with Crippen molar-refractivity contribution in [1.29, 1.82) is 0 Å². The molecule has 1 fully saturated rings. The highest BCUT2D eigenvalue weighted by atomic mass is 32.2. The van der Waals surface area contributed by atoms with Gasteiger partial charge in [-0.25, -0.2) is 8.42 Å². The molecule has 1 saturated heterocycles. The second kappa shape index (κ2) is 7.08. The Morgan fingerprint density at radius 3 is 2.45 bits per heavy atom. The van der Waals surface area contributed by atoms with E-state index in [1.165, 1.54) is 35.6 Å². The lowest BCUT2D eigenvalue weighted by Crippen LogP contribution is -2.39. The van der Waals surface area contributed by atoms with Gasteiger partial charge in [-0.1, -0.05) is 0 Å². The number of sulfonamides is 1. The predicted molar refractivity (Wildman–Crippen MR) is 80.0 cm³/mol. The number of aliphatic hydroxyl groups excluding tert-OH is 1. The molecule has 2 rings (SSSR count). The Hall–Kier alpha value is -1.64. The number of hydrogen-bond acceptors (Lipinski definition) is 5. The third-order valence-corrected chi connectivity index (χ3v) is 5.45. The molecule has 1 aliphatic heterocycles. The first-order valence-corrected chi connectivity index (χ1v) is 8.49. The van der Waals surface area contributed by atoms with E-state index in [1.807, 2.05) is 0 Å². The van der Waals surface area contributed by atoms with Crippen LogP contribution in [0.3, 0.4) is 0 Å². The normalized spacial score (nSPS) is 17.2. The lowest BCUT2D eigenvalue weighted by atomic mass is 10.1. The number of benzene rings is 1. The molecule has 0 saturated carbocycles. The predicted octanol–water partition coefficient (Wildman–Crippen LogP) is -0.0432. The second-order valence-electron chi connectivity index (χ2n) is 5.07. The molecule has 1 aromatic carbocycles. The number of aliphatic hydroxyl groups is 1.